The zero-order valence-corrected chi connectivity index (χ0v) is 18.3. The third-order valence-corrected chi connectivity index (χ3v) is 6.12. The predicted octanol–water partition coefficient (Wildman–Crippen LogP) is 4.02. The van der Waals surface area contributed by atoms with Crippen LogP contribution in [0.2, 0.25) is 0 Å². The van der Waals surface area contributed by atoms with Gasteiger partial charge in [0, 0.05) is 13.0 Å². The van der Waals surface area contributed by atoms with Crippen LogP contribution in [0.15, 0.2) is 64.0 Å². The van der Waals surface area contributed by atoms with Gasteiger partial charge in [0.15, 0.2) is 5.76 Å². The summed E-state index contributed by atoms with van der Waals surface area (Å²) in [6, 6.07) is 16.2. The molecule has 2 N–H and O–H groups in total. The number of carbonyl (C=O) groups is 1. The minimum atomic E-state index is -3.58. The van der Waals surface area contributed by atoms with Crippen LogP contribution in [0.25, 0.3) is 12.2 Å². The summed E-state index contributed by atoms with van der Waals surface area (Å²) in [6.45, 7) is 3.83. The first-order valence-electron chi connectivity index (χ1n) is 9.97. The molecule has 0 unspecified atom stereocenters. The highest BCUT2D eigenvalue weighted by atomic mass is 32.2. The molecule has 31 heavy (non-hydrogen) atoms. The molecule has 3 rings (SSSR count). The smallest absolute Gasteiger partial charge is 0.240 e. The van der Waals surface area contributed by atoms with E-state index in [-0.39, 0.29) is 10.8 Å². The van der Waals surface area contributed by atoms with Gasteiger partial charge in [0.05, 0.1) is 4.90 Å². The summed E-state index contributed by atoms with van der Waals surface area (Å²) < 4.78 is 32.9. The van der Waals surface area contributed by atoms with Gasteiger partial charge in [0.25, 0.3) is 0 Å². The van der Waals surface area contributed by atoms with Gasteiger partial charge in [-0.25, -0.2) is 13.1 Å². The maximum Gasteiger partial charge on any atom is 0.240 e. The Hall–Kier alpha value is -3.23. The molecule has 0 aliphatic carbocycles. The molecule has 0 bridgehead atoms. The molecular formula is C23H25N3O4S. The minimum absolute atomic E-state index is 0.129. The number of rotatable bonds is 9. The van der Waals surface area contributed by atoms with Crippen LogP contribution in [-0.2, 0) is 21.2 Å². The lowest BCUT2D eigenvalue weighted by molar-refractivity contribution is -0.115. The van der Waals surface area contributed by atoms with Gasteiger partial charge >= 0.3 is 0 Å². The molecular weight excluding hydrogens is 414 g/mol. The Balaban J connectivity index is 1.64. The highest BCUT2D eigenvalue weighted by molar-refractivity contribution is 7.89. The highest BCUT2D eigenvalue weighted by Gasteiger charge is 2.14. The third-order valence-electron chi connectivity index (χ3n) is 4.64. The van der Waals surface area contributed by atoms with Crippen LogP contribution in [0.5, 0.6) is 0 Å². The maximum atomic E-state index is 12.5. The van der Waals surface area contributed by atoms with Gasteiger partial charge in [0.2, 0.25) is 15.9 Å². The fourth-order valence-corrected chi connectivity index (χ4v) is 3.90. The molecule has 1 aromatic heterocycles. The number of hydrogen-bond donors (Lipinski definition) is 2. The van der Waals surface area contributed by atoms with Crippen molar-refractivity contribution >= 4 is 33.8 Å². The van der Waals surface area contributed by atoms with E-state index < -0.39 is 10.0 Å². The summed E-state index contributed by atoms with van der Waals surface area (Å²) in [6.07, 6.45) is 4.42. The number of hydrogen-bond acceptors (Lipinski definition) is 5. The molecule has 8 heteroatoms. The lowest BCUT2D eigenvalue weighted by Crippen LogP contribution is -2.25. The van der Waals surface area contributed by atoms with E-state index >= 15 is 0 Å². The highest BCUT2D eigenvalue weighted by Crippen LogP contribution is 2.23. The molecule has 0 atom stereocenters. The average Bonchev–Trinajstić information content (AvgIpc) is 3.12. The summed E-state index contributed by atoms with van der Waals surface area (Å²) in [7, 11) is -3.58. The standard InChI is InChI=1S/C23H25N3O4S/c1-3-22(27)25-23-17(2)26-30-21(23)14-11-19-9-12-20(13-10-19)31(28,29)24-16-15-18-7-5-4-6-8-18/h4-14,24H,3,15-16H2,1-2H3,(H,25,27). The fourth-order valence-electron chi connectivity index (χ4n) is 2.87. The maximum absolute atomic E-state index is 12.5. The van der Waals surface area contributed by atoms with Crippen LogP contribution in [-0.4, -0.2) is 26.0 Å². The normalized spacial score (nSPS) is 11.7. The first-order chi connectivity index (χ1) is 14.9. The Morgan fingerprint density at radius 1 is 1.06 bits per heavy atom. The molecule has 0 aliphatic rings. The van der Waals surface area contributed by atoms with Crippen molar-refractivity contribution in [3.8, 4) is 0 Å². The molecule has 0 saturated carbocycles. The van der Waals surface area contributed by atoms with Gasteiger partial charge in [0.1, 0.15) is 11.4 Å². The van der Waals surface area contributed by atoms with E-state index in [1.807, 2.05) is 30.3 Å². The summed E-state index contributed by atoms with van der Waals surface area (Å²) >= 11 is 0. The zero-order valence-electron chi connectivity index (χ0n) is 17.5. The number of anilines is 1. The van der Waals surface area contributed by atoms with Crippen molar-refractivity contribution in [3.63, 3.8) is 0 Å². The monoisotopic (exact) mass is 439 g/mol. The predicted molar refractivity (Wildman–Crippen MR) is 121 cm³/mol. The van der Waals surface area contributed by atoms with E-state index in [1.165, 1.54) is 0 Å². The molecule has 0 saturated heterocycles. The number of benzene rings is 2. The summed E-state index contributed by atoms with van der Waals surface area (Å²) in [5.41, 5.74) is 2.97. The largest absolute Gasteiger partial charge is 0.354 e. The van der Waals surface area contributed by atoms with Crippen molar-refractivity contribution in [1.29, 1.82) is 0 Å². The fraction of sp³-hybridized carbons (Fsp3) is 0.217. The van der Waals surface area contributed by atoms with E-state index in [9.17, 15) is 13.2 Å². The van der Waals surface area contributed by atoms with Gasteiger partial charge in [-0.1, -0.05) is 60.6 Å². The van der Waals surface area contributed by atoms with Crippen molar-refractivity contribution in [1.82, 2.24) is 9.88 Å². The van der Waals surface area contributed by atoms with E-state index in [0.717, 1.165) is 11.1 Å². The molecule has 0 spiro atoms. The molecule has 0 aliphatic heterocycles. The van der Waals surface area contributed by atoms with Crippen LogP contribution in [0, 0.1) is 6.92 Å². The van der Waals surface area contributed by atoms with Gasteiger partial charge < -0.3 is 9.84 Å². The van der Waals surface area contributed by atoms with Gasteiger partial charge in [-0.3, -0.25) is 4.79 Å². The van der Waals surface area contributed by atoms with Crippen LogP contribution in [0.1, 0.15) is 35.9 Å². The van der Waals surface area contributed by atoms with Crippen molar-refractivity contribution in [2.45, 2.75) is 31.6 Å². The number of sulfonamides is 1. The number of amides is 1. The summed E-state index contributed by atoms with van der Waals surface area (Å²) in [5.74, 6) is 0.300. The second kappa shape index (κ2) is 10.2. The first-order valence-corrected chi connectivity index (χ1v) is 11.4. The first kappa shape index (κ1) is 22.5. The second-order valence-electron chi connectivity index (χ2n) is 6.94. The van der Waals surface area contributed by atoms with E-state index in [1.54, 1.807) is 50.3 Å². The quantitative estimate of drug-likeness (QED) is 0.524. The van der Waals surface area contributed by atoms with Crippen LogP contribution < -0.4 is 10.0 Å². The molecule has 7 nitrogen and oxygen atoms in total. The molecule has 2 aromatic carbocycles. The Morgan fingerprint density at radius 3 is 2.45 bits per heavy atom. The molecule has 1 heterocycles. The zero-order chi connectivity index (χ0) is 22.3. The number of aryl methyl sites for hydroxylation is 1. The van der Waals surface area contributed by atoms with E-state index in [0.29, 0.717) is 36.5 Å². The number of carbonyl (C=O) groups excluding carboxylic acids is 1. The number of aromatic nitrogens is 1. The van der Waals surface area contributed by atoms with Crippen LogP contribution in [0.4, 0.5) is 5.69 Å². The number of nitrogens with zero attached hydrogens (tertiary/aromatic N) is 1. The summed E-state index contributed by atoms with van der Waals surface area (Å²) in [5, 5.41) is 6.66. The van der Waals surface area contributed by atoms with Gasteiger partial charge in [-0.15, -0.1) is 0 Å². The molecule has 3 aromatic rings. The van der Waals surface area contributed by atoms with Crippen LogP contribution in [0.3, 0.4) is 0 Å². The lowest BCUT2D eigenvalue weighted by atomic mass is 10.2. The van der Waals surface area contributed by atoms with Crippen LogP contribution >= 0.6 is 0 Å². The van der Waals surface area contributed by atoms with Crippen molar-refractivity contribution in [2.24, 2.45) is 0 Å². The van der Waals surface area contributed by atoms with Crippen molar-refractivity contribution in [2.75, 3.05) is 11.9 Å². The lowest BCUT2D eigenvalue weighted by Gasteiger charge is -2.07. The molecule has 162 valence electrons. The minimum Gasteiger partial charge on any atom is -0.354 e. The molecule has 0 radical (unpaired) electrons. The topological polar surface area (TPSA) is 101 Å². The Bertz CT molecular complexity index is 1150. The van der Waals surface area contributed by atoms with Gasteiger partial charge in [-0.05, 0) is 42.7 Å². The Kier molecular flexibility index (Phi) is 7.38. The SMILES string of the molecule is CCC(=O)Nc1c(C)noc1C=Cc1ccc(S(=O)(=O)NCCc2ccccc2)cc1. The van der Waals surface area contributed by atoms with E-state index in [2.05, 4.69) is 15.2 Å². The van der Waals surface area contributed by atoms with Gasteiger partial charge in [-0.2, -0.15) is 0 Å². The Morgan fingerprint density at radius 2 is 1.77 bits per heavy atom. The van der Waals surface area contributed by atoms with Crippen molar-refractivity contribution < 1.29 is 17.7 Å². The molecule has 1 amide bonds. The van der Waals surface area contributed by atoms with Crippen molar-refractivity contribution in [3.05, 3.63) is 77.2 Å². The van der Waals surface area contributed by atoms with E-state index in [4.69, 9.17) is 4.52 Å². The second-order valence-corrected chi connectivity index (χ2v) is 8.71. The summed E-state index contributed by atoms with van der Waals surface area (Å²) in [4.78, 5) is 11.9. The average molecular weight is 440 g/mol. The Labute approximate surface area is 182 Å². The number of nitrogens with one attached hydrogen (secondary N) is 2. The molecule has 0 fully saturated rings. The third kappa shape index (κ3) is 6.13.